The van der Waals surface area contributed by atoms with Crippen LogP contribution in [0.1, 0.15) is 10.5 Å². The van der Waals surface area contributed by atoms with Crippen LogP contribution in [0.15, 0.2) is 64.0 Å². The summed E-state index contributed by atoms with van der Waals surface area (Å²) in [6.07, 6.45) is 1.71. The molecule has 0 unspecified atom stereocenters. The maximum Gasteiger partial charge on any atom is 0.260 e. The lowest BCUT2D eigenvalue weighted by atomic mass is 10.1. The summed E-state index contributed by atoms with van der Waals surface area (Å²) < 4.78 is 0. The van der Waals surface area contributed by atoms with Gasteiger partial charge in [-0.1, -0.05) is 42.1 Å². The van der Waals surface area contributed by atoms with Crippen molar-refractivity contribution in [3.8, 4) is 11.1 Å². The molecule has 0 fully saturated rings. The summed E-state index contributed by atoms with van der Waals surface area (Å²) in [5.74, 6) is 0.181. The Balaban J connectivity index is 1.63. The monoisotopic (exact) mass is 367 g/mol. The molecule has 3 heterocycles. The van der Waals surface area contributed by atoms with E-state index in [1.807, 2.05) is 35.7 Å². The Bertz CT molecular complexity index is 1080. The van der Waals surface area contributed by atoms with Gasteiger partial charge < -0.3 is 9.97 Å². The van der Waals surface area contributed by atoms with Crippen LogP contribution >= 0.6 is 23.1 Å². The molecule has 7 heteroatoms. The number of aromatic amines is 2. The Morgan fingerprint density at radius 1 is 1.16 bits per heavy atom. The maximum absolute atomic E-state index is 12.5. The third kappa shape index (κ3) is 3.16. The summed E-state index contributed by atoms with van der Waals surface area (Å²) in [5, 5.41) is 3.00. The Kier molecular flexibility index (Phi) is 4.25. The molecule has 0 radical (unpaired) electrons. The van der Waals surface area contributed by atoms with Gasteiger partial charge in [-0.25, -0.2) is 4.98 Å². The van der Waals surface area contributed by atoms with Gasteiger partial charge in [0.05, 0.1) is 16.8 Å². The number of thioether (sulfide) groups is 1. The molecule has 5 nitrogen and oxygen atoms in total. The SMILES string of the molecule is O=C(CSc1nc2scc(-c3ccccc3)c2c(=O)[nH]1)c1ccc[nH]1. The highest BCUT2D eigenvalue weighted by Crippen LogP contribution is 2.31. The molecule has 0 saturated heterocycles. The van der Waals surface area contributed by atoms with Crippen LogP contribution in [0, 0.1) is 0 Å². The number of benzene rings is 1. The fourth-order valence-electron chi connectivity index (χ4n) is 2.54. The lowest BCUT2D eigenvalue weighted by molar-refractivity contribution is 0.101. The van der Waals surface area contributed by atoms with Crippen LogP contribution in [0.4, 0.5) is 0 Å². The number of fused-ring (bicyclic) bond motifs is 1. The van der Waals surface area contributed by atoms with Gasteiger partial charge in [0.15, 0.2) is 10.9 Å². The van der Waals surface area contributed by atoms with Gasteiger partial charge in [0.2, 0.25) is 0 Å². The van der Waals surface area contributed by atoms with E-state index in [-0.39, 0.29) is 17.1 Å². The van der Waals surface area contributed by atoms with Crippen LogP contribution in [-0.4, -0.2) is 26.5 Å². The van der Waals surface area contributed by atoms with Crippen molar-refractivity contribution in [2.75, 3.05) is 5.75 Å². The molecule has 4 aromatic rings. The summed E-state index contributed by atoms with van der Waals surface area (Å²) in [5.41, 5.74) is 2.25. The summed E-state index contributed by atoms with van der Waals surface area (Å²) in [6.45, 7) is 0. The van der Waals surface area contributed by atoms with E-state index in [0.717, 1.165) is 11.1 Å². The first-order chi connectivity index (χ1) is 12.2. The Morgan fingerprint density at radius 3 is 2.76 bits per heavy atom. The number of carbonyl (C=O) groups is 1. The van der Waals surface area contributed by atoms with E-state index in [0.29, 0.717) is 21.1 Å². The van der Waals surface area contributed by atoms with E-state index < -0.39 is 0 Å². The van der Waals surface area contributed by atoms with Crippen molar-refractivity contribution in [2.45, 2.75) is 5.16 Å². The van der Waals surface area contributed by atoms with Gasteiger partial charge >= 0.3 is 0 Å². The molecule has 0 spiro atoms. The standard InChI is InChI=1S/C18H13N3O2S2/c22-14(13-7-4-8-19-13)10-25-18-20-16(23)15-12(9-24-17(15)21-18)11-5-2-1-3-6-11/h1-9,19H,10H2,(H,20,21,23). The summed E-state index contributed by atoms with van der Waals surface area (Å²) in [4.78, 5) is 35.4. The first-order valence-electron chi connectivity index (χ1n) is 7.59. The molecule has 0 bridgehead atoms. The van der Waals surface area contributed by atoms with Crippen molar-refractivity contribution in [3.63, 3.8) is 0 Å². The molecule has 0 saturated carbocycles. The van der Waals surface area contributed by atoms with Gasteiger partial charge in [0.1, 0.15) is 4.83 Å². The number of Topliss-reactive ketones (excluding diaryl/α,β-unsaturated/α-hetero) is 1. The maximum atomic E-state index is 12.5. The highest BCUT2D eigenvalue weighted by atomic mass is 32.2. The first-order valence-corrected chi connectivity index (χ1v) is 9.45. The predicted octanol–water partition coefficient (Wildman–Crippen LogP) is 3.95. The minimum Gasteiger partial charge on any atom is -0.359 e. The number of nitrogens with one attached hydrogen (secondary N) is 2. The number of carbonyl (C=O) groups excluding carboxylic acids is 1. The van der Waals surface area contributed by atoms with E-state index in [1.165, 1.54) is 23.1 Å². The Hall–Kier alpha value is -2.64. The van der Waals surface area contributed by atoms with Gasteiger partial charge in [0.25, 0.3) is 5.56 Å². The molecule has 0 aliphatic heterocycles. The van der Waals surface area contributed by atoms with Crippen LogP contribution < -0.4 is 5.56 Å². The molecule has 4 rings (SSSR count). The second kappa shape index (κ2) is 6.70. The zero-order chi connectivity index (χ0) is 17.2. The van der Waals surface area contributed by atoms with E-state index in [4.69, 9.17) is 0 Å². The number of H-pyrrole nitrogens is 2. The summed E-state index contributed by atoms with van der Waals surface area (Å²) in [7, 11) is 0. The largest absolute Gasteiger partial charge is 0.359 e. The zero-order valence-electron chi connectivity index (χ0n) is 13.0. The van der Waals surface area contributed by atoms with Crippen molar-refractivity contribution in [1.82, 2.24) is 15.0 Å². The fraction of sp³-hybridized carbons (Fsp3) is 0.0556. The minimum atomic E-state index is -0.181. The van der Waals surface area contributed by atoms with Crippen molar-refractivity contribution in [1.29, 1.82) is 0 Å². The molecule has 0 atom stereocenters. The highest BCUT2D eigenvalue weighted by molar-refractivity contribution is 7.99. The normalized spacial score (nSPS) is 11.0. The molecule has 0 aliphatic carbocycles. The van der Waals surface area contributed by atoms with Crippen LogP contribution in [-0.2, 0) is 0 Å². The van der Waals surface area contributed by atoms with Crippen molar-refractivity contribution < 1.29 is 4.79 Å². The molecule has 1 aromatic carbocycles. The zero-order valence-corrected chi connectivity index (χ0v) is 14.6. The smallest absolute Gasteiger partial charge is 0.260 e. The number of rotatable bonds is 5. The lowest BCUT2D eigenvalue weighted by Gasteiger charge is -2.02. The number of hydrogen-bond acceptors (Lipinski definition) is 5. The van der Waals surface area contributed by atoms with Crippen molar-refractivity contribution in [3.05, 3.63) is 70.1 Å². The lowest BCUT2D eigenvalue weighted by Crippen LogP contribution is -2.10. The highest BCUT2D eigenvalue weighted by Gasteiger charge is 2.14. The summed E-state index contributed by atoms with van der Waals surface area (Å²) in [6, 6.07) is 13.3. The number of ketones is 1. The van der Waals surface area contributed by atoms with E-state index in [2.05, 4.69) is 15.0 Å². The second-order valence-electron chi connectivity index (χ2n) is 5.36. The number of aromatic nitrogens is 3. The molecular formula is C18H13N3O2S2. The van der Waals surface area contributed by atoms with E-state index in [1.54, 1.807) is 18.3 Å². The quantitative estimate of drug-likeness (QED) is 0.318. The van der Waals surface area contributed by atoms with Gasteiger partial charge in [-0.05, 0) is 17.7 Å². The molecule has 2 N–H and O–H groups in total. The van der Waals surface area contributed by atoms with Gasteiger partial charge in [-0.2, -0.15) is 0 Å². The molecule has 0 aliphatic rings. The predicted molar refractivity (Wildman–Crippen MR) is 102 cm³/mol. The van der Waals surface area contributed by atoms with E-state index >= 15 is 0 Å². The van der Waals surface area contributed by atoms with Crippen LogP contribution in [0.3, 0.4) is 0 Å². The van der Waals surface area contributed by atoms with Gasteiger partial charge in [0, 0.05) is 17.1 Å². The minimum absolute atomic E-state index is 0.0334. The average molecular weight is 367 g/mol. The fourth-order valence-corrected chi connectivity index (χ4v) is 4.29. The second-order valence-corrected chi connectivity index (χ2v) is 7.18. The topological polar surface area (TPSA) is 78.6 Å². The van der Waals surface area contributed by atoms with Crippen LogP contribution in [0.25, 0.3) is 21.3 Å². The third-order valence-corrected chi connectivity index (χ3v) is 5.49. The van der Waals surface area contributed by atoms with Crippen LogP contribution in [0.5, 0.6) is 0 Å². The number of hydrogen-bond donors (Lipinski definition) is 2. The first kappa shape index (κ1) is 15.9. The molecule has 124 valence electrons. The number of thiophene rings is 1. The molecular weight excluding hydrogens is 354 g/mol. The number of nitrogens with zero attached hydrogens (tertiary/aromatic N) is 1. The average Bonchev–Trinajstić information content (AvgIpc) is 3.30. The van der Waals surface area contributed by atoms with Crippen molar-refractivity contribution in [2.24, 2.45) is 0 Å². The molecule has 0 amide bonds. The van der Waals surface area contributed by atoms with Gasteiger partial charge in [-0.3, -0.25) is 9.59 Å². The Morgan fingerprint density at radius 2 is 2.00 bits per heavy atom. The Labute approximate surface area is 151 Å². The van der Waals surface area contributed by atoms with Crippen molar-refractivity contribution >= 4 is 39.1 Å². The molecule has 25 heavy (non-hydrogen) atoms. The van der Waals surface area contributed by atoms with E-state index in [9.17, 15) is 9.59 Å². The van der Waals surface area contributed by atoms with Crippen LogP contribution in [0.2, 0.25) is 0 Å². The summed E-state index contributed by atoms with van der Waals surface area (Å²) >= 11 is 2.66. The molecule has 3 aromatic heterocycles. The van der Waals surface area contributed by atoms with Gasteiger partial charge in [-0.15, -0.1) is 11.3 Å². The third-order valence-electron chi connectivity index (χ3n) is 3.75.